The van der Waals surface area contributed by atoms with Crippen LogP contribution in [0.1, 0.15) is 13.3 Å². The van der Waals surface area contributed by atoms with Gasteiger partial charge in [0.05, 0.1) is 6.61 Å². The molecule has 0 saturated heterocycles. The third kappa shape index (κ3) is 6.99. The summed E-state index contributed by atoms with van der Waals surface area (Å²) in [5, 5.41) is 0. The Morgan fingerprint density at radius 3 is 2.36 bits per heavy atom. The number of ether oxygens (including phenoxy) is 1. The Balaban J connectivity index is 0. The molecular formula is C6H7O4Rb. The van der Waals surface area contributed by atoms with E-state index in [1.807, 2.05) is 0 Å². The van der Waals surface area contributed by atoms with Crippen LogP contribution in [0.3, 0.4) is 0 Å². The van der Waals surface area contributed by atoms with Gasteiger partial charge in [0, 0.05) is 0 Å². The van der Waals surface area contributed by atoms with Gasteiger partial charge in [-0.3, -0.25) is 11.1 Å². The molecule has 4 nitrogen and oxygen atoms in total. The minimum atomic E-state index is -0.967. The van der Waals surface area contributed by atoms with Crippen LogP contribution >= 0.6 is 0 Å². The summed E-state index contributed by atoms with van der Waals surface area (Å²) in [5.41, 5.74) is 0. The first kappa shape index (κ1) is 14.2. The van der Waals surface area contributed by atoms with Crippen LogP contribution < -0.4 is 58.2 Å². The van der Waals surface area contributed by atoms with Gasteiger partial charge in [-0.1, -0.05) is 6.42 Å². The van der Waals surface area contributed by atoms with Crippen LogP contribution in [0.25, 0.3) is 0 Å². The second kappa shape index (κ2) is 8.71. The van der Waals surface area contributed by atoms with Crippen LogP contribution in [0.2, 0.25) is 0 Å². The van der Waals surface area contributed by atoms with E-state index in [-0.39, 0.29) is 64.8 Å². The molecule has 11 heavy (non-hydrogen) atoms. The van der Waals surface area contributed by atoms with Gasteiger partial charge < -0.3 is 9.53 Å². The molecule has 0 aliphatic heterocycles. The SMILES string of the molecule is CCOC(=O)C(=O)C[C-]=O.[Rb+]. The van der Waals surface area contributed by atoms with Crippen molar-refractivity contribution in [3.8, 4) is 0 Å². The van der Waals surface area contributed by atoms with Crippen molar-refractivity contribution in [2.75, 3.05) is 6.61 Å². The number of hydrogen-bond donors (Lipinski definition) is 0. The van der Waals surface area contributed by atoms with Crippen LogP contribution in [-0.4, -0.2) is 24.6 Å². The maximum Gasteiger partial charge on any atom is 1.00 e. The average molecular weight is 229 g/mol. The van der Waals surface area contributed by atoms with E-state index in [9.17, 15) is 14.4 Å². The molecule has 56 valence electrons. The molecule has 0 aliphatic rings. The van der Waals surface area contributed by atoms with Crippen LogP contribution in [0.5, 0.6) is 0 Å². The molecule has 0 rings (SSSR count). The van der Waals surface area contributed by atoms with Gasteiger partial charge in [0.1, 0.15) is 0 Å². The molecule has 0 bridgehead atoms. The smallest absolute Gasteiger partial charge is 0.541 e. The Morgan fingerprint density at radius 2 is 2.00 bits per heavy atom. The molecule has 0 saturated carbocycles. The molecule has 0 unspecified atom stereocenters. The topological polar surface area (TPSA) is 60.4 Å². The number of hydrogen-bond acceptors (Lipinski definition) is 4. The normalized spacial score (nSPS) is 7.73. The zero-order chi connectivity index (χ0) is 7.98. The van der Waals surface area contributed by atoms with Crippen LogP contribution in [0, 0.1) is 0 Å². The Kier molecular flexibility index (Phi) is 11.2. The van der Waals surface area contributed by atoms with Gasteiger partial charge in [0.25, 0.3) is 0 Å². The molecule has 0 spiro atoms. The second-order valence-electron chi connectivity index (χ2n) is 1.46. The van der Waals surface area contributed by atoms with Gasteiger partial charge in [0.15, 0.2) is 0 Å². The molecular weight excluding hydrogens is 222 g/mol. The van der Waals surface area contributed by atoms with E-state index in [4.69, 9.17) is 0 Å². The zero-order valence-corrected chi connectivity index (χ0v) is 11.5. The van der Waals surface area contributed by atoms with Gasteiger partial charge in [0.2, 0.25) is 5.78 Å². The van der Waals surface area contributed by atoms with Crippen molar-refractivity contribution in [3.63, 3.8) is 0 Å². The number of carbonyl (C=O) groups is 2. The first-order valence-corrected chi connectivity index (χ1v) is 2.77. The molecule has 0 heterocycles. The first-order chi connectivity index (χ1) is 4.72. The number of ketones is 1. The van der Waals surface area contributed by atoms with Gasteiger partial charge in [-0.2, -0.15) is 0 Å². The molecule has 5 heteroatoms. The summed E-state index contributed by atoms with van der Waals surface area (Å²) >= 11 is 0. The Bertz CT molecular complexity index is 155. The van der Waals surface area contributed by atoms with Crippen molar-refractivity contribution < 1.29 is 77.3 Å². The summed E-state index contributed by atoms with van der Waals surface area (Å²) in [6.45, 7) is 1.72. The minimum absolute atomic E-state index is 0. The van der Waals surface area contributed by atoms with Crippen molar-refractivity contribution in [2.45, 2.75) is 13.3 Å². The molecule has 0 amide bonds. The number of carbonyl (C=O) groups excluding carboxylic acids is 3. The molecule has 0 aromatic heterocycles. The van der Waals surface area contributed by atoms with Crippen LogP contribution in [0.15, 0.2) is 0 Å². The second-order valence-corrected chi connectivity index (χ2v) is 1.46. The summed E-state index contributed by atoms with van der Waals surface area (Å²) in [5.74, 6) is -1.82. The number of rotatable bonds is 4. The number of esters is 1. The van der Waals surface area contributed by atoms with Gasteiger partial charge >= 0.3 is 64.2 Å². The van der Waals surface area contributed by atoms with E-state index >= 15 is 0 Å². The van der Waals surface area contributed by atoms with E-state index in [0.717, 1.165) is 0 Å². The predicted octanol–water partition coefficient (Wildman–Crippen LogP) is -3.38. The molecule has 0 aromatic rings. The molecule has 0 aliphatic carbocycles. The Morgan fingerprint density at radius 1 is 1.45 bits per heavy atom. The monoisotopic (exact) mass is 228 g/mol. The van der Waals surface area contributed by atoms with E-state index < -0.39 is 18.2 Å². The largest absolute Gasteiger partial charge is 1.00 e. The number of Topliss-reactive ketones (excluding diaryl/α,β-unsaturated/α-hetero) is 1. The van der Waals surface area contributed by atoms with Gasteiger partial charge in [-0.25, -0.2) is 4.79 Å². The zero-order valence-electron chi connectivity index (χ0n) is 6.55. The van der Waals surface area contributed by atoms with Crippen LogP contribution in [0.4, 0.5) is 0 Å². The van der Waals surface area contributed by atoms with Crippen molar-refractivity contribution in [2.24, 2.45) is 0 Å². The third-order valence-corrected chi connectivity index (χ3v) is 0.736. The average Bonchev–Trinajstić information content (AvgIpc) is 1.89. The maximum atomic E-state index is 10.4. The molecule has 0 atom stereocenters. The van der Waals surface area contributed by atoms with Crippen LogP contribution in [-0.2, 0) is 19.1 Å². The summed E-state index contributed by atoms with van der Waals surface area (Å²) in [7, 11) is 0. The quantitative estimate of drug-likeness (QED) is 0.218. The van der Waals surface area contributed by atoms with E-state index in [1.165, 1.54) is 6.29 Å². The summed E-state index contributed by atoms with van der Waals surface area (Å²) < 4.78 is 4.29. The standard InChI is InChI=1S/C6H7O4.Rb/c1-2-10-6(9)5(8)3-4-7;/h2-3H2,1H3;/q-1;+1. The summed E-state index contributed by atoms with van der Waals surface area (Å²) in [6, 6.07) is 0. The van der Waals surface area contributed by atoms with Gasteiger partial charge in [-0.05, 0) is 6.92 Å². The minimum Gasteiger partial charge on any atom is -0.541 e. The molecule has 0 N–H and O–H groups in total. The van der Waals surface area contributed by atoms with E-state index in [2.05, 4.69) is 4.74 Å². The third-order valence-electron chi connectivity index (χ3n) is 0.736. The molecule has 0 fully saturated rings. The van der Waals surface area contributed by atoms with Crippen molar-refractivity contribution in [1.29, 1.82) is 0 Å². The first-order valence-electron chi connectivity index (χ1n) is 2.77. The maximum absolute atomic E-state index is 10.4. The van der Waals surface area contributed by atoms with Gasteiger partial charge in [-0.15, -0.1) is 0 Å². The fourth-order valence-electron chi connectivity index (χ4n) is 0.349. The Hall–Kier alpha value is 0.615. The van der Waals surface area contributed by atoms with Crippen molar-refractivity contribution in [3.05, 3.63) is 0 Å². The van der Waals surface area contributed by atoms with Crippen molar-refractivity contribution in [1.82, 2.24) is 0 Å². The fraction of sp³-hybridized carbons (Fsp3) is 0.500. The predicted molar refractivity (Wildman–Crippen MR) is 32.0 cm³/mol. The Labute approximate surface area is 113 Å². The van der Waals surface area contributed by atoms with Crippen molar-refractivity contribution >= 4 is 18.0 Å². The summed E-state index contributed by atoms with van der Waals surface area (Å²) in [6.07, 6.45) is 0.791. The fourth-order valence-corrected chi connectivity index (χ4v) is 0.349. The molecule has 0 radical (unpaired) electrons. The van der Waals surface area contributed by atoms with E-state index in [1.54, 1.807) is 6.92 Å². The summed E-state index contributed by atoms with van der Waals surface area (Å²) in [4.78, 5) is 30.3. The van der Waals surface area contributed by atoms with E-state index in [0.29, 0.717) is 0 Å². The molecule has 0 aromatic carbocycles.